The highest BCUT2D eigenvalue weighted by Crippen LogP contribution is 2.04. The van der Waals surface area contributed by atoms with E-state index in [1.807, 2.05) is 6.92 Å². The normalized spacial score (nSPS) is 12.9. The summed E-state index contributed by atoms with van der Waals surface area (Å²) >= 11 is 0. The lowest BCUT2D eigenvalue weighted by Gasteiger charge is -2.19. The molecule has 0 aliphatic heterocycles. The fourth-order valence-corrected chi connectivity index (χ4v) is 1.42. The van der Waals surface area contributed by atoms with E-state index < -0.39 is 0 Å². The molecule has 0 aromatic carbocycles. The van der Waals surface area contributed by atoms with E-state index >= 15 is 0 Å². The third kappa shape index (κ3) is 2.77. The fourth-order valence-electron chi connectivity index (χ4n) is 1.42. The maximum atomic E-state index is 5.35. The molecule has 1 N–H and O–H groups in total. The van der Waals surface area contributed by atoms with Crippen LogP contribution >= 0.6 is 0 Å². The molecule has 3 nitrogen and oxygen atoms in total. The molecule has 0 aliphatic carbocycles. The minimum Gasteiger partial charge on any atom is -0.380 e. The van der Waals surface area contributed by atoms with Gasteiger partial charge in [0.05, 0.1) is 12.6 Å². The van der Waals surface area contributed by atoms with Gasteiger partial charge in [-0.1, -0.05) is 0 Å². The average molecular weight is 196 g/mol. The lowest BCUT2D eigenvalue weighted by molar-refractivity contribution is 0.138. The Hall–Kier alpha value is -0.960. The van der Waals surface area contributed by atoms with Crippen LogP contribution in [-0.4, -0.2) is 23.9 Å². The molecule has 1 heterocycles. The first-order valence-electron chi connectivity index (χ1n) is 5.14. The van der Waals surface area contributed by atoms with Gasteiger partial charge in [-0.3, -0.25) is 4.68 Å². The number of ether oxygens (including phenoxy) is 1. The van der Waals surface area contributed by atoms with Crippen LogP contribution in [0.4, 0.5) is 0 Å². The topological polar surface area (TPSA) is 26.2 Å². The summed E-state index contributed by atoms with van der Waals surface area (Å²) < 4.78 is 7.45. The molecule has 1 atom stereocenters. The van der Waals surface area contributed by atoms with Crippen LogP contribution in [0.15, 0.2) is 12.1 Å². The van der Waals surface area contributed by atoms with Gasteiger partial charge in [-0.25, -0.2) is 0 Å². The predicted molar refractivity (Wildman–Crippen MR) is 59.2 cm³/mol. The SMILES string of the molecule is CCOCC(C)Nn1c(C)ccc1C. The van der Waals surface area contributed by atoms with E-state index in [1.165, 1.54) is 11.4 Å². The summed E-state index contributed by atoms with van der Waals surface area (Å²) in [5, 5.41) is 0. The second-order valence-corrected chi connectivity index (χ2v) is 3.64. The van der Waals surface area contributed by atoms with Gasteiger partial charge in [-0.15, -0.1) is 0 Å². The van der Waals surface area contributed by atoms with E-state index in [1.54, 1.807) is 0 Å². The Morgan fingerprint density at radius 1 is 1.36 bits per heavy atom. The van der Waals surface area contributed by atoms with Crippen LogP contribution in [0.5, 0.6) is 0 Å². The Labute approximate surface area is 86.0 Å². The van der Waals surface area contributed by atoms with Gasteiger partial charge in [0.15, 0.2) is 0 Å². The molecule has 0 aliphatic rings. The van der Waals surface area contributed by atoms with Crippen molar-refractivity contribution in [3.05, 3.63) is 23.5 Å². The van der Waals surface area contributed by atoms with Crippen molar-refractivity contribution in [1.82, 2.24) is 4.68 Å². The number of aromatic nitrogens is 1. The minimum absolute atomic E-state index is 0.333. The molecule has 3 heteroatoms. The summed E-state index contributed by atoms with van der Waals surface area (Å²) in [6.45, 7) is 9.83. The molecule has 0 saturated carbocycles. The molecular formula is C11H20N2O. The minimum atomic E-state index is 0.333. The highest BCUT2D eigenvalue weighted by molar-refractivity contribution is 5.15. The molecule has 0 bridgehead atoms. The molecule has 1 unspecified atom stereocenters. The number of nitrogens with zero attached hydrogens (tertiary/aromatic N) is 1. The van der Waals surface area contributed by atoms with Gasteiger partial charge in [0.1, 0.15) is 0 Å². The monoisotopic (exact) mass is 196 g/mol. The zero-order chi connectivity index (χ0) is 10.6. The van der Waals surface area contributed by atoms with Crippen LogP contribution in [0, 0.1) is 13.8 Å². The maximum Gasteiger partial charge on any atom is 0.0680 e. The van der Waals surface area contributed by atoms with Crippen LogP contribution in [0.3, 0.4) is 0 Å². The summed E-state index contributed by atoms with van der Waals surface area (Å²) in [7, 11) is 0. The van der Waals surface area contributed by atoms with Crippen LogP contribution in [0.2, 0.25) is 0 Å². The van der Waals surface area contributed by atoms with Gasteiger partial charge >= 0.3 is 0 Å². The molecular weight excluding hydrogens is 176 g/mol. The second-order valence-electron chi connectivity index (χ2n) is 3.64. The molecule has 0 saturated heterocycles. The molecule has 0 fully saturated rings. The summed E-state index contributed by atoms with van der Waals surface area (Å²) in [6.07, 6.45) is 0. The van der Waals surface area contributed by atoms with Crippen LogP contribution in [0.1, 0.15) is 25.2 Å². The lowest BCUT2D eigenvalue weighted by Crippen LogP contribution is -2.30. The van der Waals surface area contributed by atoms with Gasteiger partial charge in [-0.05, 0) is 39.8 Å². The largest absolute Gasteiger partial charge is 0.380 e. The summed E-state index contributed by atoms with van der Waals surface area (Å²) in [5.74, 6) is 0. The molecule has 0 radical (unpaired) electrons. The second kappa shape index (κ2) is 5.05. The molecule has 14 heavy (non-hydrogen) atoms. The molecule has 1 aromatic rings. The number of aryl methyl sites for hydroxylation is 2. The number of nitrogens with one attached hydrogen (secondary N) is 1. The predicted octanol–water partition coefficient (Wildman–Crippen LogP) is 2.07. The van der Waals surface area contributed by atoms with E-state index in [0.717, 1.165) is 13.2 Å². The van der Waals surface area contributed by atoms with E-state index in [-0.39, 0.29) is 0 Å². The van der Waals surface area contributed by atoms with Gasteiger partial charge in [0.25, 0.3) is 0 Å². The maximum absolute atomic E-state index is 5.35. The van der Waals surface area contributed by atoms with Crippen molar-refractivity contribution >= 4 is 0 Å². The number of rotatable bonds is 5. The van der Waals surface area contributed by atoms with Gasteiger partial charge < -0.3 is 10.2 Å². The molecule has 80 valence electrons. The molecule has 0 spiro atoms. The highest BCUT2D eigenvalue weighted by atomic mass is 16.5. The van der Waals surface area contributed by atoms with Crippen molar-refractivity contribution in [2.75, 3.05) is 18.6 Å². The van der Waals surface area contributed by atoms with Crippen molar-refractivity contribution < 1.29 is 4.74 Å². The Kier molecular flexibility index (Phi) is 4.01. The van der Waals surface area contributed by atoms with Crippen molar-refractivity contribution in [2.45, 2.75) is 33.7 Å². The van der Waals surface area contributed by atoms with E-state index in [2.05, 4.69) is 43.0 Å². The van der Waals surface area contributed by atoms with Crippen molar-refractivity contribution in [3.8, 4) is 0 Å². The van der Waals surface area contributed by atoms with Gasteiger partial charge in [0.2, 0.25) is 0 Å². The third-order valence-corrected chi connectivity index (χ3v) is 2.19. The standard InChI is InChI=1S/C11H20N2O/c1-5-14-8-9(2)12-13-10(3)6-7-11(13)4/h6-7,9,12H,5,8H2,1-4H3. The summed E-state index contributed by atoms with van der Waals surface area (Å²) in [5.41, 5.74) is 5.84. The van der Waals surface area contributed by atoms with E-state index in [9.17, 15) is 0 Å². The van der Waals surface area contributed by atoms with Crippen molar-refractivity contribution in [2.24, 2.45) is 0 Å². The molecule has 0 amide bonds. The quantitative estimate of drug-likeness (QED) is 0.780. The Morgan fingerprint density at radius 2 is 1.93 bits per heavy atom. The Balaban J connectivity index is 2.51. The first-order chi connectivity index (χ1) is 6.65. The average Bonchev–Trinajstić information content (AvgIpc) is 2.46. The highest BCUT2D eigenvalue weighted by Gasteiger charge is 2.04. The molecule has 1 aromatic heterocycles. The zero-order valence-electron chi connectivity index (χ0n) is 9.50. The number of hydrogen-bond donors (Lipinski definition) is 1. The summed E-state index contributed by atoms with van der Waals surface area (Å²) in [4.78, 5) is 0. The first kappa shape index (κ1) is 11.1. The van der Waals surface area contributed by atoms with Gasteiger partial charge in [-0.2, -0.15) is 0 Å². The van der Waals surface area contributed by atoms with Crippen molar-refractivity contribution in [1.29, 1.82) is 0 Å². The van der Waals surface area contributed by atoms with Crippen LogP contribution < -0.4 is 5.43 Å². The Bertz CT molecular complexity index is 261. The smallest absolute Gasteiger partial charge is 0.0680 e. The number of hydrogen-bond acceptors (Lipinski definition) is 2. The van der Waals surface area contributed by atoms with Crippen LogP contribution in [-0.2, 0) is 4.74 Å². The summed E-state index contributed by atoms with van der Waals surface area (Å²) in [6, 6.07) is 4.55. The Morgan fingerprint density at radius 3 is 2.43 bits per heavy atom. The zero-order valence-corrected chi connectivity index (χ0v) is 9.50. The van der Waals surface area contributed by atoms with Crippen LogP contribution in [0.25, 0.3) is 0 Å². The van der Waals surface area contributed by atoms with Crippen molar-refractivity contribution in [3.63, 3.8) is 0 Å². The fraction of sp³-hybridized carbons (Fsp3) is 0.636. The third-order valence-electron chi connectivity index (χ3n) is 2.19. The van der Waals surface area contributed by atoms with E-state index in [4.69, 9.17) is 4.74 Å². The first-order valence-corrected chi connectivity index (χ1v) is 5.14. The lowest BCUT2D eigenvalue weighted by atomic mass is 10.4. The van der Waals surface area contributed by atoms with Gasteiger partial charge in [0, 0.05) is 18.0 Å². The van der Waals surface area contributed by atoms with E-state index in [0.29, 0.717) is 6.04 Å². The molecule has 1 rings (SSSR count).